The summed E-state index contributed by atoms with van der Waals surface area (Å²) in [7, 11) is -3.87. The number of hydrogen-bond acceptors (Lipinski definition) is 5. The molecule has 6 nitrogen and oxygen atoms in total. The van der Waals surface area contributed by atoms with Crippen molar-refractivity contribution < 1.29 is 22.7 Å². The predicted molar refractivity (Wildman–Crippen MR) is 81.5 cm³/mol. The number of rotatable bonds is 7. The summed E-state index contributed by atoms with van der Waals surface area (Å²) in [6, 6.07) is 3.92. The van der Waals surface area contributed by atoms with E-state index in [0.717, 1.165) is 0 Å². The van der Waals surface area contributed by atoms with Crippen LogP contribution in [-0.2, 0) is 19.5 Å². The molecular formula is C13H18BrNO5S. The Morgan fingerprint density at radius 1 is 1.33 bits per heavy atom. The van der Waals surface area contributed by atoms with Crippen molar-refractivity contribution in [2.75, 3.05) is 19.8 Å². The van der Waals surface area contributed by atoms with E-state index < -0.39 is 16.0 Å². The Bertz CT molecular complexity index is 601. The first-order valence-electron chi connectivity index (χ1n) is 6.29. The molecule has 21 heavy (non-hydrogen) atoms. The van der Waals surface area contributed by atoms with Gasteiger partial charge in [0.25, 0.3) is 0 Å². The van der Waals surface area contributed by atoms with Crippen LogP contribution in [0.15, 0.2) is 27.6 Å². The summed E-state index contributed by atoms with van der Waals surface area (Å²) in [4.78, 5) is 11.8. The zero-order chi connectivity index (χ0) is 16.0. The molecule has 0 bridgehead atoms. The third-order valence-electron chi connectivity index (χ3n) is 2.40. The maximum absolute atomic E-state index is 11.9. The zero-order valence-electron chi connectivity index (χ0n) is 11.8. The highest BCUT2D eigenvalue weighted by Crippen LogP contribution is 2.21. The lowest BCUT2D eigenvalue weighted by molar-refractivity contribution is 0.0276. The van der Waals surface area contributed by atoms with Crippen molar-refractivity contribution in [1.29, 1.82) is 0 Å². The molecule has 0 atom stereocenters. The molecule has 0 saturated carbocycles. The lowest BCUT2D eigenvalue weighted by Crippen LogP contribution is -2.15. The zero-order valence-corrected chi connectivity index (χ0v) is 14.2. The fraction of sp³-hybridized carbons (Fsp3) is 0.462. The molecule has 0 heterocycles. The summed E-state index contributed by atoms with van der Waals surface area (Å²) in [6.45, 7) is 5.00. The monoisotopic (exact) mass is 379 g/mol. The largest absolute Gasteiger partial charge is 0.460 e. The van der Waals surface area contributed by atoms with E-state index in [-0.39, 0.29) is 23.7 Å². The molecule has 0 spiro atoms. The van der Waals surface area contributed by atoms with E-state index in [9.17, 15) is 13.2 Å². The molecule has 118 valence electrons. The third-order valence-corrected chi connectivity index (χ3v) is 4.00. The van der Waals surface area contributed by atoms with Gasteiger partial charge in [-0.2, -0.15) is 0 Å². The molecule has 1 rings (SSSR count). The SMILES string of the molecule is CC(C)COCCOC(=O)c1cc(S(N)(=O)=O)ccc1Br. The predicted octanol–water partition coefficient (Wildman–Crippen LogP) is 1.93. The number of ether oxygens (including phenoxy) is 2. The molecular weight excluding hydrogens is 362 g/mol. The fourth-order valence-corrected chi connectivity index (χ4v) is 2.38. The number of halogens is 1. The van der Waals surface area contributed by atoms with E-state index in [0.29, 0.717) is 17.0 Å². The minimum absolute atomic E-state index is 0.0948. The van der Waals surface area contributed by atoms with Crippen molar-refractivity contribution in [3.05, 3.63) is 28.2 Å². The van der Waals surface area contributed by atoms with Crippen molar-refractivity contribution >= 4 is 31.9 Å². The first-order valence-corrected chi connectivity index (χ1v) is 8.63. The Labute approximate surface area is 132 Å². The summed E-state index contributed by atoms with van der Waals surface area (Å²) in [5.41, 5.74) is 0.102. The average molecular weight is 380 g/mol. The lowest BCUT2D eigenvalue weighted by Gasteiger charge is -2.09. The van der Waals surface area contributed by atoms with E-state index in [1.54, 1.807) is 0 Å². The highest BCUT2D eigenvalue weighted by atomic mass is 79.9. The molecule has 0 fully saturated rings. The van der Waals surface area contributed by atoms with E-state index >= 15 is 0 Å². The second kappa shape index (κ2) is 7.88. The Morgan fingerprint density at radius 3 is 2.57 bits per heavy atom. The summed E-state index contributed by atoms with van der Waals surface area (Å²) >= 11 is 3.17. The van der Waals surface area contributed by atoms with Crippen LogP contribution in [-0.4, -0.2) is 34.2 Å². The number of carbonyl (C=O) groups excluding carboxylic acids is 1. The normalized spacial score (nSPS) is 11.7. The van der Waals surface area contributed by atoms with Crippen LogP contribution < -0.4 is 5.14 Å². The highest BCUT2D eigenvalue weighted by molar-refractivity contribution is 9.10. The van der Waals surface area contributed by atoms with Crippen molar-refractivity contribution in [3.8, 4) is 0 Å². The van der Waals surface area contributed by atoms with Gasteiger partial charge in [0, 0.05) is 11.1 Å². The smallest absolute Gasteiger partial charge is 0.339 e. The minimum atomic E-state index is -3.87. The van der Waals surface area contributed by atoms with Crippen LogP contribution in [0.2, 0.25) is 0 Å². The van der Waals surface area contributed by atoms with E-state index in [4.69, 9.17) is 14.6 Å². The first-order chi connectivity index (χ1) is 9.71. The molecule has 8 heteroatoms. The molecule has 0 aliphatic carbocycles. The highest BCUT2D eigenvalue weighted by Gasteiger charge is 2.16. The maximum Gasteiger partial charge on any atom is 0.339 e. The van der Waals surface area contributed by atoms with Crippen LogP contribution in [0.25, 0.3) is 0 Å². The molecule has 2 N–H and O–H groups in total. The van der Waals surface area contributed by atoms with Gasteiger partial charge in [0.2, 0.25) is 10.0 Å². The second-order valence-electron chi connectivity index (χ2n) is 4.79. The molecule has 0 radical (unpaired) electrons. The van der Waals surface area contributed by atoms with Gasteiger partial charge in [-0.1, -0.05) is 13.8 Å². The van der Waals surface area contributed by atoms with Gasteiger partial charge in [0.05, 0.1) is 17.1 Å². The van der Waals surface area contributed by atoms with Crippen molar-refractivity contribution in [2.24, 2.45) is 11.1 Å². The Balaban J connectivity index is 2.66. The van der Waals surface area contributed by atoms with Gasteiger partial charge in [-0.3, -0.25) is 0 Å². The molecule has 0 unspecified atom stereocenters. The molecule has 0 amide bonds. The van der Waals surface area contributed by atoms with Crippen LogP contribution in [0.5, 0.6) is 0 Å². The second-order valence-corrected chi connectivity index (χ2v) is 7.21. The molecule has 0 aliphatic rings. The Kier molecular flexibility index (Phi) is 6.79. The number of benzene rings is 1. The van der Waals surface area contributed by atoms with Crippen LogP contribution in [0.1, 0.15) is 24.2 Å². The third kappa shape index (κ3) is 6.13. The van der Waals surface area contributed by atoms with E-state index in [1.807, 2.05) is 13.8 Å². The Hall–Kier alpha value is -0.960. The number of esters is 1. The van der Waals surface area contributed by atoms with Crippen molar-refractivity contribution in [3.63, 3.8) is 0 Å². The van der Waals surface area contributed by atoms with Gasteiger partial charge in [0.1, 0.15) is 6.61 Å². The minimum Gasteiger partial charge on any atom is -0.460 e. The van der Waals surface area contributed by atoms with Crippen molar-refractivity contribution in [2.45, 2.75) is 18.7 Å². The molecule has 1 aromatic rings. The number of primary sulfonamides is 1. The number of carbonyl (C=O) groups is 1. The van der Waals surface area contributed by atoms with Gasteiger partial charge in [-0.25, -0.2) is 18.4 Å². The van der Waals surface area contributed by atoms with Crippen LogP contribution in [0.3, 0.4) is 0 Å². The van der Waals surface area contributed by atoms with Gasteiger partial charge in [0.15, 0.2) is 0 Å². The molecule has 1 aromatic carbocycles. The van der Waals surface area contributed by atoms with Crippen molar-refractivity contribution in [1.82, 2.24) is 0 Å². The number of hydrogen-bond donors (Lipinski definition) is 1. The topological polar surface area (TPSA) is 95.7 Å². The average Bonchev–Trinajstić information content (AvgIpc) is 2.36. The summed E-state index contributed by atoms with van der Waals surface area (Å²) in [6.07, 6.45) is 0. The fourth-order valence-electron chi connectivity index (χ4n) is 1.43. The number of sulfonamides is 1. The quantitative estimate of drug-likeness (QED) is 0.576. The van der Waals surface area contributed by atoms with E-state index in [1.165, 1.54) is 18.2 Å². The van der Waals surface area contributed by atoms with Crippen LogP contribution in [0.4, 0.5) is 0 Å². The summed E-state index contributed by atoms with van der Waals surface area (Å²) < 4.78 is 33.3. The summed E-state index contributed by atoms with van der Waals surface area (Å²) in [5, 5.41) is 5.03. The lowest BCUT2D eigenvalue weighted by atomic mass is 10.2. The maximum atomic E-state index is 11.9. The molecule has 0 aromatic heterocycles. The van der Waals surface area contributed by atoms with Gasteiger partial charge < -0.3 is 9.47 Å². The van der Waals surface area contributed by atoms with Gasteiger partial charge >= 0.3 is 5.97 Å². The van der Waals surface area contributed by atoms with E-state index in [2.05, 4.69) is 15.9 Å². The Morgan fingerprint density at radius 2 is 2.00 bits per heavy atom. The van der Waals surface area contributed by atoms with Crippen LogP contribution in [0, 0.1) is 5.92 Å². The molecule has 0 saturated heterocycles. The van der Waals surface area contributed by atoms with Crippen LogP contribution >= 0.6 is 15.9 Å². The van der Waals surface area contributed by atoms with Gasteiger partial charge in [-0.05, 0) is 40.0 Å². The summed E-state index contributed by atoms with van der Waals surface area (Å²) in [5.74, 6) is -0.234. The standard InChI is InChI=1S/C13H18BrNO5S/c1-9(2)8-19-5-6-20-13(16)11-7-10(21(15,17)18)3-4-12(11)14/h3-4,7,9H,5-6,8H2,1-2H3,(H2,15,17,18). The molecule has 0 aliphatic heterocycles. The van der Waals surface area contributed by atoms with Gasteiger partial charge in [-0.15, -0.1) is 0 Å². The first kappa shape index (κ1) is 18.1. The number of nitrogens with two attached hydrogens (primary N) is 1.